The third-order valence-corrected chi connectivity index (χ3v) is 6.73. The molecule has 0 aliphatic carbocycles. The molecule has 0 saturated carbocycles. The van der Waals surface area contributed by atoms with Gasteiger partial charge in [-0.25, -0.2) is 0 Å². The molecule has 31 heavy (non-hydrogen) atoms. The molecule has 0 spiro atoms. The van der Waals surface area contributed by atoms with Gasteiger partial charge in [0.15, 0.2) is 11.0 Å². The van der Waals surface area contributed by atoms with Gasteiger partial charge in [-0.1, -0.05) is 86.1 Å². The molecular weight excluding hydrogens is 449 g/mol. The fourth-order valence-corrected chi connectivity index (χ4v) is 4.92. The number of rotatable bonds is 6. The summed E-state index contributed by atoms with van der Waals surface area (Å²) >= 11 is 14.2. The number of benzene rings is 2. The van der Waals surface area contributed by atoms with E-state index < -0.39 is 0 Å². The Hall–Kier alpha value is -2.21. The molecule has 160 valence electrons. The van der Waals surface area contributed by atoms with Gasteiger partial charge in [-0.3, -0.25) is 4.57 Å². The van der Waals surface area contributed by atoms with Gasteiger partial charge in [0.05, 0.1) is 12.8 Å². The predicted molar refractivity (Wildman–Crippen MR) is 128 cm³/mol. The molecule has 0 amide bonds. The van der Waals surface area contributed by atoms with Crippen molar-refractivity contribution in [3.05, 3.63) is 87.8 Å². The Bertz CT molecular complexity index is 1140. The molecular formula is C24H23Cl2N3OS. The molecule has 4 aromatic rings. The van der Waals surface area contributed by atoms with Crippen LogP contribution in [0.4, 0.5) is 0 Å². The smallest absolute Gasteiger partial charge is 0.192 e. The summed E-state index contributed by atoms with van der Waals surface area (Å²) in [4.78, 5) is 0. The molecule has 0 aliphatic rings. The zero-order valence-corrected chi connectivity index (χ0v) is 19.9. The van der Waals surface area contributed by atoms with Crippen molar-refractivity contribution in [3.63, 3.8) is 0 Å². The van der Waals surface area contributed by atoms with Gasteiger partial charge in [0.25, 0.3) is 0 Å². The van der Waals surface area contributed by atoms with Gasteiger partial charge < -0.3 is 4.42 Å². The average Bonchev–Trinajstić information content (AvgIpc) is 3.38. The van der Waals surface area contributed by atoms with Crippen LogP contribution in [0.15, 0.2) is 70.4 Å². The van der Waals surface area contributed by atoms with Crippen LogP contribution in [-0.4, -0.2) is 14.8 Å². The minimum Gasteiger partial charge on any atom is -0.467 e. The minimum absolute atomic E-state index is 0.0929. The SMILES string of the molecule is CC(C)(C)c1ccc(-c2nnc(SCc3c(Cl)cccc3Cl)n2Cc2ccco2)cc1. The van der Waals surface area contributed by atoms with Gasteiger partial charge >= 0.3 is 0 Å². The first kappa shape index (κ1) is 22.0. The Morgan fingerprint density at radius 1 is 0.935 bits per heavy atom. The van der Waals surface area contributed by atoms with Crippen LogP contribution in [0.25, 0.3) is 11.4 Å². The molecule has 7 heteroatoms. The average molecular weight is 472 g/mol. The van der Waals surface area contributed by atoms with E-state index in [1.54, 1.807) is 18.0 Å². The van der Waals surface area contributed by atoms with Gasteiger partial charge in [-0.15, -0.1) is 10.2 Å². The lowest BCUT2D eigenvalue weighted by Crippen LogP contribution is -2.10. The van der Waals surface area contributed by atoms with Gasteiger partial charge in [0.2, 0.25) is 0 Å². The second-order valence-corrected chi connectivity index (χ2v) is 10.0. The van der Waals surface area contributed by atoms with Gasteiger partial charge in [-0.05, 0) is 40.8 Å². The summed E-state index contributed by atoms with van der Waals surface area (Å²) in [7, 11) is 0. The number of halogens is 2. The fourth-order valence-electron chi connectivity index (χ4n) is 3.24. The molecule has 2 aromatic carbocycles. The van der Waals surface area contributed by atoms with Crippen LogP contribution >= 0.6 is 35.0 Å². The van der Waals surface area contributed by atoms with Crippen LogP contribution in [0.2, 0.25) is 10.0 Å². The van der Waals surface area contributed by atoms with E-state index in [0.717, 1.165) is 27.9 Å². The van der Waals surface area contributed by atoms with Gasteiger partial charge in [0, 0.05) is 21.4 Å². The van der Waals surface area contributed by atoms with E-state index in [2.05, 4.69) is 59.8 Å². The second-order valence-electron chi connectivity index (χ2n) is 8.29. The van der Waals surface area contributed by atoms with E-state index in [9.17, 15) is 0 Å². The summed E-state index contributed by atoms with van der Waals surface area (Å²) in [5.74, 6) is 2.23. The molecule has 0 unspecified atom stereocenters. The summed E-state index contributed by atoms with van der Waals surface area (Å²) in [5.41, 5.74) is 3.26. The Labute approximate surface area is 196 Å². The lowest BCUT2D eigenvalue weighted by atomic mass is 9.87. The molecule has 0 aliphatic heterocycles. The first-order valence-corrected chi connectivity index (χ1v) is 11.7. The quantitative estimate of drug-likeness (QED) is 0.273. The Morgan fingerprint density at radius 3 is 2.26 bits per heavy atom. The maximum absolute atomic E-state index is 6.35. The van der Waals surface area contributed by atoms with E-state index in [4.69, 9.17) is 27.6 Å². The van der Waals surface area contributed by atoms with E-state index in [0.29, 0.717) is 22.3 Å². The van der Waals surface area contributed by atoms with Crippen molar-refractivity contribution in [1.29, 1.82) is 0 Å². The molecule has 0 fully saturated rings. The summed E-state index contributed by atoms with van der Waals surface area (Å²) in [6.07, 6.45) is 1.67. The molecule has 2 aromatic heterocycles. The van der Waals surface area contributed by atoms with Gasteiger partial charge in [-0.2, -0.15) is 0 Å². The highest BCUT2D eigenvalue weighted by atomic mass is 35.5. The van der Waals surface area contributed by atoms with Crippen molar-refractivity contribution in [2.24, 2.45) is 0 Å². The highest BCUT2D eigenvalue weighted by molar-refractivity contribution is 7.98. The zero-order chi connectivity index (χ0) is 22.0. The Kier molecular flexibility index (Phi) is 6.47. The second kappa shape index (κ2) is 9.11. The van der Waals surface area contributed by atoms with Crippen LogP contribution in [-0.2, 0) is 17.7 Å². The molecule has 2 heterocycles. The van der Waals surface area contributed by atoms with Crippen LogP contribution < -0.4 is 0 Å². The van der Waals surface area contributed by atoms with Crippen molar-refractivity contribution in [2.45, 2.75) is 43.6 Å². The van der Waals surface area contributed by atoms with Crippen molar-refractivity contribution in [3.8, 4) is 11.4 Å². The highest BCUT2D eigenvalue weighted by Gasteiger charge is 2.19. The summed E-state index contributed by atoms with van der Waals surface area (Å²) in [6.45, 7) is 7.15. The largest absolute Gasteiger partial charge is 0.467 e. The number of nitrogens with zero attached hydrogens (tertiary/aromatic N) is 3. The van der Waals surface area contributed by atoms with Crippen molar-refractivity contribution in [1.82, 2.24) is 14.8 Å². The third-order valence-electron chi connectivity index (χ3n) is 5.03. The number of hydrogen-bond donors (Lipinski definition) is 0. The van der Waals surface area contributed by atoms with Gasteiger partial charge in [0.1, 0.15) is 5.76 Å². The van der Waals surface area contributed by atoms with Crippen LogP contribution in [0.3, 0.4) is 0 Å². The molecule has 0 N–H and O–H groups in total. The maximum Gasteiger partial charge on any atom is 0.192 e. The monoisotopic (exact) mass is 471 g/mol. The van der Waals surface area contributed by atoms with Crippen molar-refractivity contribution >= 4 is 35.0 Å². The summed E-state index contributed by atoms with van der Waals surface area (Å²) in [5, 5.41) is 11.0. The first-order valence-electron chi connectivity index (χ1n) is 9.95. The minimum atomic E-state index is 0.0929. The van der Waals surface area contributed by atoms with Crippen LogP contribution in [0.1, 0.15) is 37.7 Å². The molecule has 4 nitrogen and oxygen atoms in total. The molecule has 0 saturated heterocycles. The Morgan fingerprint density at radius 2 is 1.65 bits per heavy atom. The lowest BCUT2D eigenvalue weighted by molar-refractivity contribution is 0.485. The fraction of sp³-hybridized carbons (Fsp3) is 0.250. The van der Waals surface area contributed by atoms with Crippen molar-refractivity contribution in [2.75, 3.05) is 0 Å². The molecule has 0 atom stereocenters. The van der Waals surface area contributed by atoms with Crippen LogP contribution in [0, 0.1) is 0 Å². The number of hydrogen-bond acceptors (Lipinski definition) is 4. The Balaban J connectivity index is 1.67. The van der Waals surface area contributed by atoms with E-state index in [1.165, 1.54) is 5.56 Å². The van der Waals surface area contributed by atoms with Crippen molar-refractivity contribution < 1.29 is 4.42 Å². The first-order chi connectivity index (χ1) is 14.8. The topological polar surface area (TPSA) is 43.9 Å². The summed E-state index contributed by atoms with van der Waals surface area (Å²) in [6, 6.07) is 17.9. The highest BCUT2D eigenvalue weighted by Crippen LogP contribution is 2.33. The molecule has 0 bridgehead atoms. The standard InChI is InChI=1S/C24H23Cl2N3OS/c1-24(2,3)17-11-9-16(10-12-17)22-27-28-23(29(22)14-18-6-5-13-30-18)31-15-19-20(25)7-4-8-21(19)26/h4-13H,14-15H2,1-3H3. The number of furan rings is 1. The van der Waals surface area contributed by atoms with E-state index in [1.807, 2.05) is 30.3 Å². The summed E-state index contributed by atoms with van der Waals surface area (Å²) < 4.78 is 7.66. The van der Waals surface area contributed by atoms with E-state index in [-0.39, 0.29) is 5.41 Å². The van der Waals surface area contributed by atoms with Crippen LogP contribution in [0.5, 0.6) is 0 Å². The number of thioether (sulfide) groups is 1. The lowest BCUT2D eigenvalue weighted by Gasteiger charge is -2.19. The predicted octanol–water partition coefficient (Wildman–Crippen LogP) is 7.48. The third kappa shape index (κ3) is 5.00. The van der Waals surface area contributed by atoms with E-state index >= 15 is 0 Å². The molecule has 4 rings (SSSR count). The maximum atomic E-state index is 6.35. The zero-order valence-electron chi connectivity index (χ0n) is 17.6. The molecule has 0 radical (unpaired) electrons. The number of aromatic nitrogens is 3. The normalized spacial score (nSPS) is 11.8.